The van der Waals surface area contributed by atoms with E-state index in [4.69, 9.17) is 0 Å². The normalized spacial score (nSPS) is 22.4. The van der Waals surface area contributed by atoms with Gasteiger partial charge in [-0.3, -0.25) is 4.79 Å². The van der Waals surface area contributed by atoms with Crippen LogP contribution in [0.1, 0.15) is 43.6 Å². The lowest BCUT2D eigenvalue weighted by Gasteiger charge is -2.27. The fourth-order valence-electron chi connectivity index (χ4n) is 2.36. The highest BCUT2D eigenvalue weighted by Crippen LogP contribution is 2.37. The molecule has 1 aliphatic carbocycles. The lowest BCUT2D eigenvalue weighted by molar-refractivity contribution is 0.0904. The number of halogens is 1. The van der Waals surface area contributed by atoms with Crippen LogP contribution < -0.4 is 5.32 Å². The van der Waals surface area contributed by atoms with Crippen LogP contribution in [-0.4, -0.2) is 16.9 Å². The van der Waals surface area contributed by atoms with E-state index >= 15 is 0 Å². The molecule has 2 rings (SSSR count). The number of hydrogen-bond donors (Lipinski definition) is 1. The monoisotopic (exact) mass is 296 g/mol. The fraction of sp³-hybridized carbons (Fsp3) is 0.538. The van der Waals surface area contributed by atoms with Gasteiger partial charge in [0.05, 0.1) is 0 Å². The van der Waals surface area contributed by atoms with Crippen molar-refractivity contribution < 1.29 is 4.79 Å². The van der Waals surface area contributed by atoms with E-state index in [1.54, 1.807) is 6.07 Å². The van der Waals surface area contributed by atoms with Crippen LogP contribution in [0.5, 0.6) is 0 Å². The molecule has 0 bridgehead atoms. The van der Waals surface area contributed by atoms with Crippen LogP contribution in [0, 0.1) is 5.41 Å². The number of nitrogens with zero attached hydrogens (tertiary/aromatic N) is 1. The highest BCUT2D eigenvalue weighted by molar-refractivity contribution is 9.10. The molecule has 17 heavy (non-hydrogen) atoms. The summed E-state index contributed by atoms with van der Waals surface area (Å²) in [6, 6.07) is 5.64. The second-order valence-corrected chi connectivity index (χ2v) is 6.06. The summed E-state index contributed by atoms with van der Waals surface area (Å²) in [5.41, 5.74) is 0.670. The van der Waals surface area contributed by atoms with E-state index in [1.165, 1.54) is 12.8 Å². The molecule has 0 radical (unpaired) electrons. The maximum absolute atomic E-state index is 12.0. The van der Waals surface area contributed by atoms with Crippen molar-refractivity contribution >= 4 is 21.8 Å². The molecule has 0 aliphatic heterocycles. The van der Waals surface area contributed by atoms with Crippen LogP contribution in [0.2, 0.25) is 0 Å². The van der Waals surface area contributed by atoms with Crippen LogP contribution in [0.25, 0.3) is 0 Å². The van der Waals surface area contributed by atoms with E-state index in [0.717, 1.165) is 6.42 Å². The summed E-state index contributed by atoms with van der Waals surface area (Å²) in [6.45, 7) is 4.42. The first-order chi connectivity index (χ1) is 7.99. The number of amides is 1. The van der Waals surface area contributed by atoms with E-state index in [0.29, 0.717) is 10.3 Å². The number of nitrogens with one attached hydrogen (secondary N) is 1. The molecule has 0 aromatic carbocycles. The number of pyridine rings is 1. The average Bonchev–Trinajstić information content (AvgIpc) is 2.58. The standard InChI is InChI=1S/C13H17BrN2O/c1-13(2)8-4-6-10(13)16-12(17)9-5-3-7-11(14)15-9/h3,5,7,10H,4,6,8H2,1-2H3,(H,16,17). The minimum Gasteiger partial charge on any atom is -0.347 e. The zero-order chi connectivity index (χ0) is 12.5. The van der Waals surface area contributed by atoms with Crippen LogP contribution in [0.4, 0.5) is 0 Å². The van der Waals surface area contributed by atoms with E-state index in [-0.39, 0.29) is 17.4 Å². The molecule has 4 heteroatoms. The number of aromatic nitrogens is 1. The molecule has 1 N–H and O–H groups in total. The molecule has 1 unspecified atom stereocenters. The molecular weight excluding hydrogens is 280 g/mol. The van der Waals surface area contributed by atoms with Crippen LogP contribution in [0.15, 0.2) is 22.8 Å². The molecule has 3 nitrogen and oxygen atoms in total. The molecule has 0 spiro atoms. The molecule has 1 aliphatic rings. The second-order valence-electron chi connectivity index (χ2n) is 5.25. The zero-order valence-corrected chi connectivity index (χ0v) is 11.8. The van der Waals surface area contributed by atoms with Gasteiger partial charge in [-0.2, -0.15) is 0 Å². The third kappa shape index (κ3) is 2.86. The minimum absolute atomic E-state index is 0.0775. The van der Waals surface area contributed by atoms with Crippen molar-refractivity contribution in [2.24, 2.45) is 5.41 Å². The minimum atomic E-state index is -0.0775. The Bertz CT molecular complexity index is 431. The van der Waals surface area contributed by atoms with E-state index in [2.05, 4.69) is 40.1 Å². The lowest BCUT2D eigenvalue weighted by Crippen LogP contribution is -2.41. The van der Waals surface area contributed by atoms with Gasteiger partial charge in [-0.15, -0.1) is 0 Å². The Kier molecular flexibility index (Phi) is 3.52. The topological polar surface area (TPSA) is 42.0 Å². The SMILES string of the molecule is CC1(C)CCCC1NC(=O)c1cccc(Br)n1. The van der Waals surface area contributed by atoms with Crippen LogP contribution in [0.3, 0.4) is 0 Å². The molecule has 92 valence electrons. The first-order valence-electron chi connectivity index (χ1n) is 5.92. The summed E-state index contributed by atoms with van der Waals surface area (Å²) in [7, 11) is 0. The smallest absolute Gasteiger partial charge is 0.270 e. The predicted octanol–water partition coefficient (Wildman–Crippen LogP) is 3.15. The lowest BCUT2D eigenvalue weighted by atomic mass is 9.87. The maximum atomic E-state index is 12.0. The van der Waals surface area contributed by atoms with Gasteiger partial charge in [0.2, 0.25) is 0 Å². The molecule has 1 heterocycles. The van der Waals surface area contributed by atoms with Crippen LogP contribution in [-0.2, 0) is 0 Å². The molecule has 1 amide bonds. The summed E-state index contributed by atoms with van der Waals surface area (Å²) in [5.74, 6) is -0.0775. The van der Waals surface area contributed by atoms with Crippen molar-refractivity contribution in [3.05, 3.63) is 28.5 Å². The summed E-state index contributed by atoms with van der Waals surface area (Å²) in [4.78, 5) is 16.2. The van der Waals surface area contributed by atoms with Gasteiger partial charge in [0, 0.05) is 6.04 Å². The molecule has 0 saturated heterocycles. The molecule has 1 fully saturated rings. The Balaban J connectivity index is 2.07. The Labute approximate surface area is 110 Å². The van der Waals surface area contributed by atoms with Gasteiger partial charge in [-0.1, -0.05) is 26.3 Å². The van der Waals surface area contributed by atoms with Gasteiger partial charge in [-0.05, 0) is 46.3 Å². The predicted molar refractivity (Wildman–Crippen MR) is 70.8 cm³/mol. The van der Waals surface area contributed by atoms with E-state index in [1.807, 2.05) is 12.1 Å². The van der Waals surface area contributed by atoms with Crippen molar-refractivity contribution in [1.82, 2.24) is 10.3 Å². The summed E-state index contributed by atoms with van der Waals surface area (Å²) >= 11 is 3.27. The van der Waals surface area contributed by atoms with Gasteiger partial charge in [0.25, 0.3) is 5.91 Å². The number of carbonyl (C=O) groups excluding carboxylic acids is 1. The third-order valence-corrected chi connectivity index (χ3v) is 3.95. The first kappa shape index (κ1) is 12.6. The molecule has 1 aromatic heterocycles. The van der Waals surface area contributed by atoms with E-state index < -0.39 is 0 Å². The van der Waals surface area contributed by atoms with E-state index in [9.17, 15) is 4.79 Å². The number of rotatable bonds is 2. The summed E-state index contributed by atoms with van der Waals surface area (Å²) in [6.07, 6.45) is 3.42. The van der Waals surface area contributed by atoms with Gasteiger partial charge in [-0.25, -0.2) is 4.98 Å². The quantitative estimate of drug-likeness (QED) is 0.852. The Hall–Kier alpha value is -0.900. The summed E-state index contributed by atoms with van der Waals surface area (Å²) < 4.78 is 0.691. The van der Waals surface area contributed by atoms with Crippen molar-refractivity contribution in [3.8, 4) is 0 Å². The highest BCUT2D eigenvalue weighted by atomic mass is 79.9. The van der Waals surface area contributed by atoms with Gasteiger partial charge < -0.3 is 5.32 Å². The largest absolute Gasteiger partial charge is 0.347 e. The number of hydrogen-bond acceptors (Lipinski definition) is 2. The van der Waals surface area contributed by atoms with Crippen molar-refractivity contribution in [2.75, 3.05) is 0 Å². The Morgan fingerprint density at radius 2 is 2.29 bits per heavy atom. The van der Waals surface area contributed by atoms with Crippen molar-refractivity contribution in [1.29, 1.82) is 0 Å². The first-order valence-corrected chi connectivity index (χ1v) is 6.72. The van der Waals surface area contributed by atoms with Gasteiger partial charge >= 0.3 is 0 Å². The Morgan fingerprint density at radius 1 is 1.53 bits per heavy atom. The van der Waals surface area contributed by atoms with Gasteiger partial charge in [0.15, 0.2) is 0 Å². The molecule has 1 atom stereocenters. The summed E-state index contributed by atoms with van der Waals surface area (Å²) in [5, 5.41) is 3.09. The fourth-order valence-corrected chi connectivity index (χ4v) is 2.70. The van der Waals surface area contributed by atoms with Crippen LogP contribution >= 0.6 is 15.9 Å². The third-order valence-electron chi connectivity index (χ3n) is 3.51. The second kappa shape index (κ2) is 4.77. The molecular formula is C13H17BrN2O. The van der Waals surface area contributed by atoms with Crippen molar-refractivity contribution in [2.45, 2.75) is 39.2 Å². The highest BCUT2D eigenvalue weighted by Gasteiger charge is 2.35. The molecule has 1 aromatic rings. The average molecular weight is 297 g/mol. The zero-order valence-electron chi connectivity index (χ0n) is 10.2. The van der Waals surface area contributed by atoms with Crippen molar-refractivity contribution in [3.63, 3.8) is 0 Å². The Morgan fingerprint density at radius 3 is 2.88 bits per heavy atom. The molecule has 1 saturated carbocycles. The number of carbonyl (C=O) groups is 1. The maximum Gasteiger partial charge on any atom is 0.270 e. The van der Waals surface area contributed by atoms with Gasteiger partial charge in [0.1, 0.15) is 10.3 Å².